The zero-order valence-corrected chi connectivity index (χ0v) is 16.7. The Hall–Kier alpha value is -0.671. The summed E-state index contributed by atoms with van der Waals surface area (Å²) in [6.45, 7) is 3.68. The fourth-order valence-electron chi connectivity index (χ4n) is 1.91. The maximum Gasteiger partial charge on any atom is 1.00 e. The number of para-hydroxylation sites is 2. The number of nitrogens with zero attached hydrogens (tertiary/aromatic N) is 2. The second kappa shape index (κ2) is 9.72. The van der Waals surface area contributed by atoms with Gasteiger partial charge in [-0.3, -0.25) is 4.99 Å². The van der Waals surface area contributed by atoms with Crippen molar-refractivity contribution in [3.63, 3.8) is 0 Å². The van der Waals surface area contributed by atoms with Crippen molar-refractivity contribution in [2.75, 3.05) is 0 Å². The van der Waals surface area contributed by atoms with E-state index in [0.717, 1.165) is 0 Å². The molecule has 2 aromatic rings. The average molecular weight is 451 g/mol. The van der Waals surface area contributed by atoms with Crippen LogP contribution in [0.5, 0.6) is 0 Å². The monoisotopic (exact) mass is 448 g/mol. The van der Waals surface area contributed by atoms with Crippen molar-refractivity contribution in [1.29, 1.82) is 0 Å². The molecule has 2 aromatic carbocycles. The summed E-state index contributed by atoms with van der Waals surface area (Å²) in [5.41, 5.74) is 2.50. The van der Waals surface area contributed by atoms with Crippen molar-refractivity contribution in [1.82, 2.24) is 0 Å². The zero-order valence-electron chi connectivity index (χ0n) is 12.7. The molecule has 0 unspecified atom stereocenters. The van der Waals surface area contributed by atoms with E-state index in [2.05, 4.69) is 10.3 Å². The van der Waals surface area contributed by atoms with Crippen molar-refractivity contribution in [3.8, 4) is 0 Å². The van der Waals surface area contributed by atoms with Crippen LogP contribution in [0, 0.1) is 0 Å². The van der Waals surface area contributed by atoms with E-state index in [0.29, 0.717) is 42.9 Å². The molecule has 0 fully saturated rings. The summed E-state index contributed by atoms with van der Waals surface area (Å²) in [5.74, 6) is 0. The molecule has 0 radical (unpaired) electrons. The van der Waals surface area contributed by atoms with E-state index in [1.165, 1.54) is 0 Å². The molecule has 0 saturated carbocycles. The molecule has 0 aliphatic heterocycles. The normalized spacial score (nSPS) is 11.9. The molecule has 0 atom stereocenters. The Balaban J connectivity index is 0.00000288. The summed E-state index contributed by atoms with van der Waals surface area (Å²) in [6, 6.07) is 10.5. The van der Waals surface area contributed by atoms with E-state index < -0.39 is 0 Å². The van der Waals surface area contributed by atoms with Gasteiger partial charge in [0.15, 0.2) is 0 Å². The maximum absolute atomic E-state index is 6.11. The molecule has 0 N–H and O–H groups in total. The van der Waals surface area contributed by atoms with Crippen LogP contribution in [0.1, 0.15) is 13.8 Å². The molecular formula is C17H13Cl4CuN2. The summed E-state index contributed by atoms with van der Waals surface area (Å²) in [5, 5.41) is 6.41. The SMILES string of the molecule is CC(/C=C(/C)[N-]c1c(Cl)cccc1Cl)=Nc1c(Cl)cccc1Cl.[Cu+]. The first-order valence-electron chi connectivity index (χ1n) is 6.72. The second-order valence-electron chi connectivity index (χ2n) is 4.79. The van der Waals surface area contributed by atoms with Crippen LogP contribution in [0.4, 0.5) is 11.4 Å². The third-order valence-electron chi connectivity index (χ3n) is 2.87. The first-order chi connectivity index (χ1) is 10.9. The third-order valence-corrected chi connectivity index (χ3v) is 4.09. The Morgan fingerprint density at radius 1 is 0.875 bits per heavy atom. The number of allylic oxidation sites excluding steroid dienone is 2. The Morgan fingerprint density at radius 2 is 1.33 bits per heavy atom. The van der Waals surface area contributed by atoms with E-state index in [1.54, 1.807) is 42.5 Å². The van der Waals surface area contributed by atoms with Crippen LogP contribution in [0.3, 0.4) is 0 Å². The molecule has 2 nitrogen and oxygen atoms in total. The quantitative estimate of drug-likeness (QED) is 0.333. The van der Waals surface area contributed by atoms with Crippen LogP contribution in [-0.2, 0) is 17.1 Å². The van der Waals surface area contributed by atoms with Crippen LogP contribution < -0.4 is 0 Å². The van der Waals surface area contributed by atoms with Gasteiger partial charge < -0.3 is 5.32 Å². The van der Waals surface area contributed by atoms with Crippen LogP contribution in [0.2, 0.25) is 20.1 Å². The standard InChI is InChI=1S/C17H13Cl4N2.Cu/c1-10(22-16-12(18)5-3-6-13(16)19)9-11(2)23-17-14(20)7-4-8-15(17)21;/h3-9H,1-2H3;/q-1;+1/b10-9-,23-11?;. The van der Waals surface area contributed by atoms with E-state index in [1.807, 2.05) is 13.8 Å². The van der Waals surface area contributed by atoms with Gasteiger partial charge in [0, 0.05) is 15.8 Å². The van der Waals surface area contributed by atoms with Gasteiger partial charge in [0.05, 0.1) is 10.0 Å². The molecule has 0 saturated heterocycles. The van der Waals surface area contributed by atoms with Crippen molar-refractivity contribution >= 4 is 63.5 Å². The van der Waals surface area contributed by atoms with E-state index in [4.69, 9.17) is 46.4 Å². The van der Waals surface area contributed by atoms with Gasteiger partial charge in [-0.05, 0) is 31.2 Å². The molecule has 0 aliphatic rings. The Morgan fingerprint density at radius 3 is 1.83 bits per heavy atom. The Bertz CT molecular complexity index is 748. The molecule has 2 rings (SSSR count). The third kappa shape index (κ3) is 5.70. The van der Waals surface area contributed by atoms with Crippen LogP contribution >= 0.6 is 46.4 Å². The van der Waals surface area contributed by atoms with Gasteiger partial charge in [0.2, 0.25) is 0 Å². The number of benzene rings is 2. The van der Waals surface area contributed by atoms with E-state index >= 15 is 0 Å². The Kier molecular flexibility index (Phi) is 8.66. The molecule has 7 heteroatoms. The minimum atomic E-state index is 0. The molecule has 24 heavy (non-hydrogen) atoms. The van der Waals surface area contributed by atoms with Gasteiger partial charge >= 0.3 is 17.1 Å². The largest absolute Gasteiger partial charge is 1.00 e. The second-order valence-corrected chi connectivity index (χ2v) is 6.42. The van der Waals surface area contributed by atoms with Gasteiger partial charge in [0.25, 0.3) is 0 Å². The number of aliphatic imine (C=N–C) groups is 1. The molecule has 0 aliphatic carbocycles. The predicted octanol–water partition coefficient (Wildman–Crippen LogP) is 8.00. The zero-order chi connectivity index (χ0) is 17.0. The van der Waals surface area contributed by atoms with Crippen molar-refractivity contribution in [3.05, 3.63) is 73.6 Å². The number of hydrogen-bond acceptors (Lipinski definition) is 1. The minimum absolute atomic E-state index is 0. The molecule has 0 bridgehead atoms. The van der Waals surface area contributed by atoms with E-state index in [9.17, 15) is 0 Å². The Labute approximate surface area is 172 Å². The molecule has 0 heterocycles. The average Bonchev–Trinajstić information content (AvgIpc) is 2.47. The van der Waals surface area contributed by atoms with Gasteiger partial charge in [0.1, 0.15) is 5.69 Å². The summed E-state index contributed by atoms with van der Waals surface area (Å²) >= 11 is 24.4. The first-order valence-corrected chi connectivity index (χ1v) is 8.23. The van der Waals surface area contributed by atoms with Gasteiger partial charge in [-0.2, -0.15) is 5.70 Å². The molecular weight excluding hydrogens is 438 g/mol. The van der Waals surface area contributed by atoms with Gasteiger partial charge in [-0.15, -0.1) is 0 Å². The molecule has 0 aromatic heterocycles. The van der Waals surface area contributed by atoms with Crippen molar-refractivity contribution in [2.24, 2.45) is 4.99 Å². The summed E-state index contributed by atoms with van der Waals surface area (Å²) in [4.78, 5) is 4.43. The summed E-state index contributed by atoms with van der Waals surface area (Å²) in [6.07, 6.45) is 1.80. The number of halogens is 4. The number of rotatable bonds is 4. The maximum atomic E-state index is 6.11. The minimum Gasteiger partial charge on any atom is -0.659 e. The van der Waals surface area contributed by atoms with Crippen LogP contribution in [0.15, 0.2) is 53.2 Å². The fourth-order valence-corrected chi connectivity index (χ4v) is 2.88. The molecule has 0 spiro atoms. The van der Waals surface area contributed by atoms with Gasteiger partial charge in [-0.25, -0.2) is 0 Å². The summed E-state index contributed by atoms with van der Waals surface area (Å²) in [7, 11) is 0. The van der Waals surface area contributed by atoms with Crippen molar-refractivity contribution < 1.29 is 17.1 Å². The smallest absolute Gasteiger partial charge is 0.659 e. The molecule has 0 amide bonds. The molecule has 130 valence electrons. The number of hydrogen-bond donors (Lipinski definition) is 0. The fraction of sp³-hybridized carbons (Fsp3) is 0.118. The van der Waals surface area contributed by atoms with Crippen LogP contribution in [-0.4, -0.2) is 5.71 Å². The van der Waals surface area contributed by atoms with E-state index in [-0.39, 0.29) is 17.1 Å². The predicted molar refractivity (Wildman–Crippen MR) is 102 cm³/mol. The first kappa shape index (κ1) is 21.4. The topological polar surface area (TPSA) is 26.5 Å². The van der Waals surface area contributed by atoms with Gasteiger partial charge in [-0.1, -0.05) is 77.2 Å². The van der Waals surface area contributed by atoms with Crippen molar-refractivity contribution in [2.45, 2.75) is 13.8 Å². The van der Waals surface area contributed by atoms with Crippen LogP contribution in [0.25, 0.3) is 5.32 Å². The summed E-state index contributed by atoms with van der Waals surface area (Å²) < 4.78 is 0.